The predicted molar refractivity (Wildman–Crippen MR) is 105 cm³/mol. The van der Waals surface area contributed by atoms with Crippen molar-refractivity contribution in [1.29, 1.82) is 0 Å². The van der Waals surface area contributed by atoms with E-state index in [1.54, 1.807) is 35.6 Å². The van der Waals surface area contributed by atoms with Crippen molar-refractivity contribution in [2.24, 2.45) is 0 Å². The third kappa shape index (κ3) is 4.27. The van der Waals surface area contributed by atoms with E-state index in [2.05, 4.69) is 15.0 Å². The molecule has 2 aromatic heterocycles. The molecule has 0 radical (unpaired) electrons. The van der Waals surface area contributed by atoms with Gasteiger partial charge in [0.05, 0.1) is 23.2 Å². The summed E-state index contributed by atoms with van der Waals surface area (Å²) in [5.74, 6) is -0.585. The molecule has 0 spiro atoms. The first-order chi connectivity index (χ1) is 12.6. The van der Waals surface area contributed by atoms with Crippen molar-refractivity contribution < 1.29 is 14.3 Å². The molecule has 1 amide bonds. The van der Waals surface area contributed by atoms with E-state index in [1.807, 2.05) is 17.5 Å². The molecule has 2 heterocycles. The van der Waals surface area contributed by atoms with E-state index in [-0.39, 0.29) is 5.91 Å². The molecule has 0 atom stereocenters. The minimum absolute atomic E-state index is 0.142. The highest BCUT2D eigenvalue weighted by Gasteiger charge is 2.14. The van der Waals surface area contributed by atoms with Crippen molar-refractivity contribution in [3.8, 4) is 10.6 Å². The van der Waals surface area contributed by atoms with Gasteiger partial charge in [0.25, 0.3) is 0 Å². The maximum Gasteiger partial charge on any atom is 0.337 e. The van der Waals surface area contributed by atoms with Gasteiger partial charge in [0.1, 0.15) is 0 Å². The van der Waals surface area contributed by atoms with E-state index < -0.39 is 5.97 Å². The zero-order valence-electron chi connectivity index (χ0n) is 14.0. The Labute approximate surface area is 158 Å². The maximum atomic E-state index is 12.3. The van der Waals surface area contributed by atoms with E-state index in [9.17, 15) is 9.59 Å². The number of nitrogens with zero attached hydrogens (tertiary/aromatic N) is 1. The fraction of sp³-hybridized carbons (Fsp3) is 0.167. The summed E-state index contributed by atoms with van der Waals surface area (Å²) in [6, 6.07) is 10.6. The molecular weight excluding hydrogens is 370 g/mol. The second kappa shape index (κ2) is 8.11. The molecule has 1 aromatic carbocycles. The van der Waals surface area contributed by atoms with Gasteiger partial charge in [-0.1, -0.05) is 12.1 Å². The van der Waals surface area contributed by atoms with Crippen LogP contribution in [0.15, 0.2) is 41.8 Å². The number of benzene rings is 1. The number of nitrogens with one attached hydrogen (secondary N) is 1. The van der Waals surface area contributed by atoms with Gasteiger partial charge in [-0.3, -0.25) is 4.79 Å². The number of carbonyl (C=O) groups excluding carboxylic acids is 2. The fourth-order valence-corrected chi connectivity index (χ4v) is 4.09. The van der Waals surface area contributed by atoms with Gasteiger partial charge in [-0.05, 0) is 36.1 Å². The molecule has 26 heavy (non-hydrogen) atoms. The first kappa shape index (κ1) is 18.1. The summed E-state index contributed by atoms with van der Waals surface area (Å²) in [6.07, 6.45) is 0.840. The Morgan fingerprint density at radius 3 is 2.85 bits per heavy atom. The van der Waals surface area contributed by atoms with E-state index in [0.717, 1.165) is 15.4 Å². The molecule has 0 fully saturated rings. The molecule has 0 aliphatic carbocycles. The highest BCUT2D eigenvalue weighted by atomic mass is 32.1. The lowest BCUT2D eigenvalue weighted by atomic mass is 10.2. The number of rotatable bonds is 6. The second-order valence-corrected chi connectivity index (χ2v) is 7.48. The number of hydrogen-bond acceptors (Lipinski definition) is 7. The average Bonchev–Trinajstić information content (AvgIpc) is 3.28. The molecule has 0 aliphatic rings. The van der Waals surface area contributed by atoms with Crippen LogP contribution >= 0.6 is 22.7 Å². The summed E-state index contributed by atoms with van der Waals surface area (Å²) in [5, 5.41) is 5.28. The van der Waals surface area contributed by atoms with Gasteiger partial charge >= 0.3 is 5.97 Å². The van der Waals surface area contributed by atoms with E-state index in [1.165, 1.54) is 18.4 Å². The first-order valence-electron chi connectivity index (χ1n) is 7.84. The SMILES string of the molecule is COC(=O)c1cccc(NC(=O)CCc2sc(N)nc2-c2cccs2)c1. The van der Waals surface area contributed by atoms with Crippen LogP contribution in [0.1, 0.15) is 21.7 Å². The average molecular weight is 387 g/mol. The fourth-order valence-electron chi connectivity index (χ4n) is 2.44. The van der Waals surface area contributed by atoms with Gasteiger partial charge in [-0.25, -0.2) is 9.78 Å². The third-order valence-electron chi connectivity index (χ3n) is 3.62. The van der Waals surface area contributed by atoms with Crippen LogP contribution in [0.25, 0.3) is 10.6 Å². The van der Waals surface area contributed by atoms with Gasteiger partial charge in [0, 0.05) is 17.0 Å². The Kier molecular flexibility index (Phi) is 5.65. The summed E-state index contributed by atoms with van der Waals surface area (Å²) < 4.78 is 4.68. The molecule has 0 unspecified atom stereocenters. The van der Waals surface area contributed by atoms with Crippen molar-refractivity contribution in [2.75, 3.05) is 18.2 Å². The van der Waals surface area contributed by atoms with Crippen LogP contribution in [0.3, 0.4) is 0 Å². The number of thiazole rings is 1. The van der Waals surface area contributed by atoms with Crippen LogP contribution < -0.4 is 11.1 Å². The Morgan fingerprint density at radius 2 is 2.12 bits per heavy atom. The number of esters is 1. The lowest BCUT2D eigenvalue weighted by Gasteiger charge is -2.07. The summed E-state index contributed by atoms with van der Waals surface area (Å²) >= 11 is 2.99. The number of thiophene rings is 1. The first-order valence-corrected chi connectivity index (χ1v) is 9.53. The summed E-state index contributed by atoms with van der Waals surface area (Å²) in [7, 11) is 1.32. The lowest BCUT2D eigenvalue weighted by molar-refractivity contribution is -0.116. The topological polar surface area (TPSA) is 94.3 Å². The highest BCUT2D eigenvalue weighted by Crippen LogP contribution is 2.33. The second-order valence-electron chi connectivity index (χ2n) is 5.42. The molecule has 0 saturated heterocycles. The number of anilines is 2. The smallest absolute Gasteiger partial charge is 0.337 e. The van der Waals surface area contributed by atoms with Gasteiger partial charge < -0.3 is 15.8 Å². The molecule has 0 bridgehead atoms. The van der Waals surface area contributed by atoms with Crippen LogP contribution in [0.2, 0.25) is 0 Å². The Balaban J connectivity index is 1.64. The van der Waals surface area contributed by atoms with E-state index in [0.29, 0.717) is 29.2 Å². The van der Waals surface area contributed by atoms with Gasteiger partial charge in [0.2, 0.25) is 5.91 Å². The largest absolute Gasteiger partial charge is 0.465 e. The van der Waals surface area contributed by atoms with E-state index >= 15 is 0 Å². The normalized spacial score (nSPS) is 10.5. The van der Waals surface area contributed by atoms with Crippen molar-refractivity contribution in [1.82, 2.24) is 4.98 Å². The van der Waals surface area contributed by atoms with Crippen molar-refractivity contribution >= 4 is 45.4 Å². The maximum absolute atomic E-state index is 12.3. The minimum Gasteiger partial charge on any atom is -0.465 e. The highest BCUT2D eigenvalue weighted by molar-refractivity contribution is 7.17. The van der Waals surface area contributed by atoms with Crippen LogP contribution in [0.5, 0.6) is 0 Å². The number of hydrogen-bond donors (Lipinski definition) is 2. The van der Waals surface area contributed by atoms with E-state index in [4.69, 9.17) is 5.73 Å². The van der Waals surface area contributed by atoms with Crippen LogP contribution in [-0.2, 0) is 16.0 Å². The minimum atomic E-state index is -0.443. The van der Waals surface area contributed by atoms with Crippen LogP contribution in [0.4, 0.5) is 10.8 Å². The Hall–Kier alpha value is -2.71. The van der Waals surface area contributed by atoms with Crippen molar-refractivity contribution in [3.63, 3.8) is 0 Å². The number of amides is 1. The van der Waals surface area contributed by atoms with Gasteiger partial charge in [-0.15, -0.1) is 22.7 Å². The summed E-state index contributed by atoms with van der Waals surface area (Å²) in [6.45, 7) is 0. The number of nitrogen functional groups attached to an aromatic ring is 1. The third-order valence-corrected chi connectivity index (χ3v) is 5.44. The number of aryl methyl sites for hydroxylation is 1. The number of ether oxygens (including phenoxy) is 1. The van der Waals surface area contributed by atoms with Gasteiger partial charge in [-0.2, -0.15) is 0 Å². The number of aromatic nitrogens is 1. The molecule has 6 nitrogen and oxygen atoms in total. The molecular formula is C18H17N3O3S2. The molecule has 3 aromatic rings. The molecule has 134 valence electrons. The summed E-state index contributed by atoms with van der Waals surface area (Å²) in [5.41, 5.74) is 7.64. The molecule has 8 heteroatoms. The predicted octanol–water partition coefficient (Wildman–Crippen LogP) is 3.81. The molecule has 0 aliphatic heterocycles. The number of nitrogens with two attached hydrogens (primary N) is 1. The monoisotopic (exact) mass is 387 g/mol. The molecule has 0 saturated carbocycles. The standard InChI is InChI=1S/C18H17N3O3S2/c1-24-17(23)11-4-2-5-12(10-11)20-15(22)8-7-14-16(21-18(19)26-14)13-6-3-9-25-13/h2-6,9-10H,7-8H2,1H3,(H2,19,21)(H,20,22). The summed E-state index contributed by atoms with van der Waals surface area (Å²) in [4.78, 5) is 30.2. The van der Waals surface area contributed by atoms with Gasteiger partial charge in [0.15, 0.2) is 5.13 Å². The van der Waals surface area contributed by atoms with Crippen LogP contribution in [0, 0.1) is 0 Å². The zero-order valence-corrected chi connectivity index (χ0v) is 15.7. The number of methoxy groups -OCH3 is 1. The Bertz CT molecular complexity index is 920. The number of carbonyl (C=O) groups is 2. The van der Waals surface area contributed by atoms with Crippen molar-refractivity contribution in [2.45, 2.75) is 12.8 Å². The zero-order chi connectivity index (χ0) is 18.5. The lowest BCUT2D eigenvalue weighted by Crippen LogP contribution is -2.13. The van der Waals surface area contributed by atoms with Crippen LogP contribution in [-0.4, -0.2) is 24.0 Å². The quantitative estimate of drug-likeness (QED) is 0.627. The Morgan fingerprint density at radius 1 is 1.27 bits per heavy atom. The molecule has 3 N–H and O–H groups in total. The van der Waals surface area contributed by atoms with Crippen molar-refractivity contribution in [3.05, 3.63) is 52.2 Å². The molecule has 3 rings (SSSR count).